The molecule has 34 heavy (non-hydrogen) atoms. The number of methoxy groups -OCH3 is 2. The second-order valence-electron chi connectivity index (χ2n) is 8.07. The predicted molar refractivity (Wildman–Crippen MR) is 127 cm³/mol. The summed E-state index contributed by atoms with van der Waals surface area (Å²) in [7, 11) is 3.18. The molecule has 0 radical (unpaired) electrons. The monoisotopic (exact) mass is 463 g/mol. The topological polar surface area (TPSA) is 82.9 Å². The lowest BCUT2D eigenvalue weighted by Crippen LogP contribution is -2.43. The quantitative estimate of drug-likeness (QED) is 0.493. The molecule has 0 aliphatic carbocycles. The largest absolute Gasteiger partial charge is 0.497 e. The van der Waals surface area contributed by atoms with Crippen LogP contribution in [-0.4, -0.2) is 60.5 Å². The molecule has 1 aliphatic rings. The Balaban J connectivity index is 1.73. The van der Waals surface area contributed by atoms with E-state index in [9.17, 15) is 9.59 Å². The van der Waals surface area contributed by atoms with Crippen LogP contribution >= 0.6 is 0 Å². The fourth-order valence-electron chi connectivity index (χ4n) is 4.22. The number of nitrogens with zero attached hydrogens (tertiary/aromatic N) is 3. The van der Waals surface area contributed by atoms with E-state index in [2.05, 4.69) is 0 Å². The van der Waals surface area contributed by atoms with Gasteiger partial charge in [0.15, 0.2) is 0 Å². The molecule has 8 heteroatoms. The third-order valence-corrected chi connectivity index (χ3v) is 5.94. The third-order valence-electron chi connectivity index (χ3n) is 5.94. The molecule has 2 aromatic carbocycles. The van der Waals surface area contributed by atoms with E-state index >= 15 is 0 Å². The Morgan fingerprint density at radius 3 is 2.56 bits per heavy atom. The summed E-state index contributed by atoms with van der Waals surface area (Å²) >= 11 is 0. The van der Waals surface area contributed by atoms with Gasteiger partial charge in [0.2, 0.25) is 0 Å². The zero-order valence-electron chi connectivity index (χ0n) is 19.7. The van der Waals surface area contributed by atoms with Crippen molar-refractivity contribution < 1.29 is 23.8 Å². The van der Waals surface area contributed by atoms with Crippen LogP contribution < -0.4 is 9.47 Å². The first-order valence-corrected chi connectivity index (χ1v) is 11.4. The Labute approximate surface area is 199 Å². The van der Waals surface area contributed by atoms with Crippen molar-refractivity contribution in [1.29, 1.82) is 0 Å². The van der Waals surface area contributed by atoms with Crippen molar-refractivity contribution >= 4 is 11.9 Å². The van der Waals surface area contributed by atoms with E-state index in [0.29, 0.717) is 42.6 Å². The zero-order valence-corrected chi connectivity index (χ0v) is 19.7. The number of benzene rings is 2. The molecule has 0 bridgehead atoms. The Morgan fingerprint density at radius 1 is 1.06 bits per heavy atom. The van der Waals surface area contributed by atoms with Crippen LogP contribution in [0.25, 0.3) is 16.9 Å². The Kier molecular flexibility index (Phi) is 7.15. The standard InChI is InChI=1S/C26H29N3O5/c1-4-34-26(31)18-9-8-14-28(17-18)25(30)23-16-22(27-29(23)19-10-6-5-7-11-19)21-13-12-20(32-2)15-24(21)33-3/h5-7,10-13,15-16,18H,4,8-9,14,17H2,1-3H3. The molecule has 1 aromatic heterocycles. The van der Waals surface area contributed by atoms with Gasteiger partial charge in [0.1, 0.15) is 17.2 Å². The lowest BCUT2D eigenvalue weighted by Gasteiger charge is -2.31. The van der Waals surface area contributed by atoms with Gasteiger partial charge < -0.3 is 19.1 Å². The molecule has 4 rings (SSSR count). The van der Waals surface area contributed by atoms with Gasteiger partial charge in [-0.1, -0.05) is 18.2 Å². The van der Waals surface area contributed by atoms with E-state index in [-0.39, 0.29) is 17.8 Å². The minimum atomic E-state index is -0.313. The van der Waals surface area contributed by atoms with Crippen LogP contribution in [0.2, 0.25) is 0 Å². The Morgan fingerprint density at radius 2 is 1.85 bits per heavy atom. The highest BCUT2D eigenvalue weighted by molar-refractivity contribution is 5.95. The van der Waals surface area contributed by atoms with Crippen LogP contribution in [0, 0.1) is 5.92 Å². The summed E-state index contributed by atoms with van der Waals surface area (Å²) in [6, 6.07) is 16.8. The molecule has 8 nitrogen and oxygen atoms in total. The number of carbonyl (C=O) groups excluding carboxylic acids is 2. The molecule has 2 heterocycles. The van der Waals surface area contributed by atoms with Gasteiger partial charge in [0, 0.05) is 24.7 Å². The highest BCUT2D eigenvalue weighted by atomic mass is 16.5. The first-order chi connectivity index (χ1) is 16.5. The molecule has 1 saturated heterocycles. The summed E-state index contributed by atoms with van der Waals surface area (Å²) in [5.41, 5.74) is 2.54. The molecule has 1 amide bonds. The highest BCUT2D eigenvalue weighted by Crippen LogP contribution is 2.34. The van der Waals surface area contributed by atoms with Gasteiger partial charge in [-0.05, 0) is 50.1 Å². The predicted octanol–water partition coefficient (Wildman–Crippen LogP) is 3.97. The summed E-state index contributed by atoms with van der Waals surface area (Å²) in [6.07, 6.45) is 1.46. The van der Waals surface area contributed by atoms with Gasteiger partial charge in [0.05, 0.1) is 38.1 Å². The van der Waals surface area contributed by atoms with Crippen molar-refractivity contribution in [2.75, 3.05) is 33.9 Å². The van der Waals surface area contributed by atoms with E-state index < -0.39 is 0 Å². The van der Waals surface area contributed by atoms with Crippen LogP contribution in [0.1, 0.15) is 30.3 Å². The molecular formula is C26H29N3O5. The average molecular weight is 464 g/mol. The second-order valence-corrected chi connectivity index (χ2v) is 8.07. The van der Waals surface area contributed by atoms with Gasteiger partial charge in [-0.2, -0.15) is 5.10 Å². The summed E-state index contributed by atoms with van der Waals surface area (Å²) in [5, 5.41) is 4.77. The van der Waals surface area contributed by atoms with Crippen LogP contribution in [0.4, 0.5) is 0 Å². The van der Waals surface area contributed by atoms with E-state index in [0.717, 1.165) is 24.1 Å². The number of ether oxygens (including phenoxy) is 3. The van der Waals surface area contributed by atoms with Crippen molar-refractivity contribution in [3.8, 4) is 28.4 Å². The van der Waals surface area contributed by atoms with Crippen LogP contribution in [0.3, 0.4) is 0 Å². The van der Waals surface area contributed by atoms with E-state index in [1.165, 1.54) is 0 Å². The van der Waals surface area contributed by atoms with Gasteiger partial charge in [-0.3, -0.25) is 9.59 Å². The zero-order chi connectivity index (χ0) is 24.1. The molecule has 178 valence electrons. The van der Waals surface area contributed by atoms with Crippen molar-refractivity contribution in [3.05, 3.63) is 60.3 Å². The Hall–Kier alpha value is -3.81. The number of likely N-dealkylation sites (tertiary alicyclic amines) is 1. The molecular weight excluding hydrogens is 434 g/mol. The summed E-state index contributed by atoms with van der Waals surface area (Å²) < 4.78 is 17.7. The maximum Gasteiger partial charge on any atom is 0.310 e. The van der Waals surface area contributed by atoms with E-state index in [4.69, 9.17) is 19.3 Å². The number of hydrogen-bond donors (Lipinski definition) is 0. The SMILES string of the molecule is CCOC(=O)C1CCCN(C(=O)c2cc(-c3ccc(OC)cc3OC)nn2-c2ccccc2)C1. The maximum absolute atomic E-state index is 13.7. The molecule has 1 unspecified atom stereocenters. The van der Waals surface area contributed by atoms with Gasteiger partial charge >= 0.3 is 5.97 Å². The number of hydrogen-bond acceptors (Lipinski definition) is 6. The fourth-order valence-corrected chi connectivity index (χ4v) is 4.22. The number of aromatic nitrogens is 2. The third kappa shape index (κ3) is 4.76. The van der Waals surface area contributed by atoms with Crippen molar-refractivity contribution in [1.82, 2.24) is 14.7 Å². The minimum absolute atomic E-state index is 0.177. The molecule has 1 fully saturated rings. The molecule has 0 saturated carbocycles. The van der Waals surface area contributed by atoms with Gasteiger partial charge in [-0.15, -0.1) is 0 Å². The van der Waals surface area contributed by atoms with E-state index in [1.54, 1.807) is 42.9 Å². The number of amides is 1. The first kappa shape index (κ1) is 23.4. The lowest BCUT2D eigenvalue weighted by atomic mass is 9.98. The van der Waals surface area contributed by atoms with E-state index in [1.807, 2.05) is 42.5 Å². The molecule has 0 spiro atoms. The first-order valence-electron chi connectivity index (χ1n) is 11.4. The summed E-state index contributed by atoms with van der Waals surface area (Å²) in [4.78, 5) is 27.7. The minimum Gasteiger partial charge on any atom is -0.497 e. The average Bonchev–Trinajstić information content (AvgIpc) is 3.34. The van der Waals surface area contributed by atoms with Crippen molar-refractivity contribution in [2.24, 2.45) is 5.92 Å². The second kappa shape index (κ2) is 10.4. The number of carbonyl (C=O) groups is 2. The molecule has 1 atom stereocenters. The number of esters is 1. The molecule has 1 aliphatic heterocycles. The lowest BCUT2D eigenvalue weighted by molar-refractivity contribution is -0.149. The highest BCUT2D eigenvalue weighted by Gasteiger charge is 2.32. The smallest absolute Gasteiger partial charge is 0.310 e. The van der Waals surface area contributed by atoms with Crippen molar-refractivity contribution in [2.45, 2.75) is 19.8 Å². The molecule has 3 aromatic rings. The summed E-state index contributed by atoms with van der Waals surface area (Å²) in [6.45, 7) is 3.03. The van der Waals surface area contributed by atoms with Crippen LogP contribution in [0.5, 0.6) is 11.5 Å². The van der Waals surface area contributed by atoms with Crippen molar-refractivity contribution in [3.63, 3.8) is 0 Å². The fraction of sp³-hybridized carbons (Fsp3) is 0.346. The number of para-hydroxylation sites is 1. The van der Waals surface area contributed by atoms with Gasteiger partial charge in [0.25, 0.3) is 5.91 Å². The normalized spacial score (nSPS) is 15.6. The maximum atomic E-state index is 13.7. The van der Waals surface area contributed by atoms with Crippen LogP contribution in [0.15, 0.2) is 54.6 Å². The number of piperidine rings is 1. The van der Waals surface area contributed by atoms with Crippen LogP contribution in [-0.2, 0) is 9.53 Å². The number of rotatable bonds is 7. The van der Waals surface area contributed by atoms with Gasteiger partial charge in [-0.25, -0.2) is 4.68 Å². The Bertz CT molecular complexity index is 1160. The summed E-state index contributed by atoms with van der Waals surface area (Å²) in [5.74, 6) is 0.519. The molecule has 0 N–H and O–H groups in total.